The van der Waals surface area contributed by atoms with Crippen LogP contribution in [-0.4, -0.2) is 25.2 Å². The second-order valence-corrected chi connectivity index (χ2v) is 4.75. The van der Waals surface area contributed by atoms with Crippen LogP contribution in [0.3, 0.4) is 0 Å². The Morgan fingerprint density at radius 1 is 1.29 bits per heavy atom. The minimum absolute atomic E-state index is 0.120. The zero-order valence-electron chi connectivity index (χ0n) is 11.5. The first-order valence-corrected chi connectivity index (χ1v) is 6.60. The van der Waals surface area contributed by atoms with E-state index in [1.807, 2.05) is 24.3 Å². The molecule has 2 aromatic heterocycles. The van der Waals surface area contributed by atoms with Crippen LogP contribution in [0.25, 0.3) is 11.0 Å². The van der Waals surface area contributed by atoms with Crippen LogP contribution in [-0.2, 0) is 18.4 Å². The number of hydrogen-bond donors (Lipinski definition) is 2. The third-order valence-electron chi connectivity index (χ3n) is 3.39. The van der Waals surface area contributed by atoms with Gasteiger partial charge in [-0.15, -0.1) is 0 Å². The molecule has 0 unspecified atom stereocenters. The highest BCUT2D eigenvalue weighted by atomic mass is 16.2. The van der Waals surface area contributed by atoms with Crippen molar-refractivity contribution < 1.29 is 4.79 Å². The van der Waals surface area contributed by atoms with E-state index in [4.69, 9.17) is 0 Å². The maximum atomic E-state index is 12.2. The molecule has 3 rings (SSSR count). The Bertz CT molecular complexity index is 829. The maximum Gasteiger partial charge on any atom is 0.328 e. The number of nitrogens with one attached hydrogen (secondary N) is 2. The normalized spacial score (nSPS) is 10.9. The van der Waals surface area contributed by atoms with E-state index >= 15 is 0 Å². The molecule has 7 nitrogen and oxygen atoms in total. The average molecular weight is 285 g/mol. The van der Waals surface area contributed by atoms with E-state index in [0.717, 1.165) is 11.0 Å². The molecule has 0 saturated carbocycles. The summed E-state index contributed by atoms with van der Waals surface area (Å²) in [5.41, 5.74) is 1.57. The Morgan fingerprint density at radius 2 is 2.05 bits per heavy atom. The summed E-state index contributed by atoms with van der Waals surface area (Å²) in [6.07, 6.45) is 1.78. The van der Waals surface area contributed by atoms with Gasteiger partial charge in [-0.1, -0.05) is 12.1 Å². The lowest BCUT2D eigenvalue weighted by Crippen LogP contribution is -2.24. The lowest BCUT2D eigenvalue weighted by Gasteiger charge is -2.04. The number of imidazole rings is 1. The van der Waals surface area contributed by atoms with Crippen LogP contribution in [0.1, 0.15) is 6.42 Å². The third kappa shape index (κ3) is 2.45. The van der Waals surface area contributed by atoms with Crippen LogP contribution < -0.4 is 11.0 Å². The molecular weight excluding hydrogens is 270 g/mol. The molecule has 1 amide bonds. The predicted molar refractivity (Wildman–Crippen MR) is 79.0 cm³/mol. The number of aryl methyl sites for hydroxylation is 2. The molecular formula is C14H15N5O2. The summed E-state index contributed by atoms with van der Waals surface area (Å²) >= 11 is 0. The van der Waals surface area contributed by atoms with Crippen LogP contribution in [0.2, 0.25) is 0 Å². The highest BCUT2D eigenvalue weighted by Crippen LogP contribution is 2.12. The predicted octanol–water partition coefficient (Wildman–Crippen LogP) is 1.09. The van der Waals surface area contributed by atoms with Crippen molar-refractivity contribution in [2.24, 2.45) is 7.05 Å². The van der Waals surface area contributed by atoms with E-state index < -0.39 is 0 Å². The maximum absolute atomic E-state index is 12.2. The molecule has 3 aromatic rings. The summed E-state index contributed by atoms with van der Waals surface area (Å²) in [6, 6.07) is 9.20. The number of aromatic nitrogens is 4. The third-order valence-corrected chi connectivity index (χ3v) is 3.39. The van der Waals surface area contributed by atoms with Crippen molar-refractivity contribution in [2.45, 2.75) is 13.0 Å². The second-order valence-electron chi connectivity index (χ2n) is 4.75. The van der Waals surface area contributed by atoms with Gasteiger partial charge in [0, 0.05) is 26.1 Å². The molecule has 0 spiro atoms. The van der Waals surface area contributed by atoms with Crippen molar-refractivity contribution in [3.05, 3.63) is 47.0 Å². The molecule has 0 atom stereocenters. The van der Waals surface area contributed by atoms with Crippen LogP contribution >= 0.6 is 0 Å². The lowest BCUT2D eigenvalue weighted by molar-refractivity contribution is -0.116. The molecule has 108 valence electrons. The smallest absolute Gasteiger partial charge is 0.311 e. The molecule has 0 bridgehead atoms. The SMILES string of the molecule is Cn1c(=O)n(CCC(=O)Nc2ccn[nH]2)c2ccccc21. The molecule has 2 heterocycles. The molecule has 0 aliphatic carbocycles. The highest BCUT2D eigenvalue weighted by Gasteiger charge is 2.11. The van der Waals surface area contributed by atoms with Gasteiger partial charge in [0.1, 0.15) is 5.82 Å². The number of carbonyl (C=O) groups is 1. The van der Waals surface area contributed by atoms with Gasteiger partial charge in [0.15, 0.2) is 0 Å². The van der Waals surface area contributed by atoms with Crippen LogP contribution in [0, 0.1) is 0 Å². The van der Waals surface area contributed by atoms with Crippen molar-refractivity contribution in [1.82, 2.24) is 19.3 Å². The average Bonchev–Trinajstić information content (AvgIpc) is 3.07. The Kier molecular flexibility index (Phi) is 3.31. The zero-order valence-corrected chi connectivity index (χ0v) is 11.5. The first-order chi connectivity index (χ1) is 10.2. The van der Waals surface area contributed by atoms with E-state index in [9.17, 15) is 9.59 Å². The molecule has 0 aliphatic rings. The van der Waals surface area contributed by atoms with Crippen LogP contribution in [0.4, 0.5) is 5.82 Å². The first-order valence-electron chi connectivity index (χ1n) is 6.60. The van der Waals surface area contributed by atoms with E-state index in [1.165, 1.54) is 0 Å². The largest absolute Gasteiger partial charge is 0.328 e. The summed E-state index contributed by atoms with van der Waals surface area (Å²) in [6.45, 7) is 0.333. The van der Waals surface area contributed by atoms with Gasteiger partial charge in [0.25, 0.3) is 0 Å². The van der Waals surface area contributed by atoms with Crippen molar-refractivity contribution in [3.8, 4) is 0 Å². The molecule has 21 heavy (non-hydrogen) atoms. The fraction of sp³-hybridized carbons (Fsp3) is 0.214. The van der Waals surface area contributed by atoms with Gasteiger partial charge in [-0.25, -0.2) is 4.79 Å². The quantitative estimate of drug-likeness (QED) is 0.752. The Morgan fingerprint density at radius 3 is 2.76 bits per heavy atom. The van der Waals surface area contributed by atoms with Crippen LogP contribution in [0.5, 0.6) is 0 Å². The summed E-state index contributed by atoms with van der Waals surface area (Å²) in [7, 11) is 1.73. The lowest BCUT2D eigenvalue weighted by atomic mass is 10.3. The monoisotopic (exact) mass is 285 g/mol. The van der Waals surface area contributed by atoms with Gasteiger partial charge in [-0.05, 0) is 12.1 Å². The van der Waals surface area contributed by atoms with Crippen molar-refractivity contribution >= 4 is 22.8 Å². The number of aromatic amines is 1. The number of fused-ring (bicyclic) bond motifs is 1. The number of benzene rings is 1. The molecule has 2 N–H and O–H groups in total. The number of rotatable bonds is 4. The first kappa shape index (κ1) is 13.2. The molecule has 1 aromatic carbocycles. The zero-order chi connectivity index (χ0) is 14.8. The van der Waals surface area contributed by atoms with Crippen molar-refractivity contribution in [1.29, 1.82) is 0 Å². The number of nitrogens with zero attached hydrogens (tertiary/aromatic N) is 3. The molecule has 7 heteroatoms. The fourth-order valence-corrected chi connectivity index (χ4v) is 2.33. The van der Waals surface area contributed by atoms with Crippen molar-refractivity contribution in [3.63, 3.8) is 0 Å². The van der Waals surface area contributed by atoms with E-state index in [2.05, 4.69) is 15.5 Å². The standard InChI is InChI=1S/C14H15N5O2/c1-18-10-4-2-3-5-11(10)19(14(18)21)9-7-13(20)16-12-6-8-15-17-12/h2-6,8H,7,9H2,1H3,(H2,15,16,17,20). The number of carbonyl (C=O) groups excluding carboxylic acids is 1. The Balaban J connectivity index is 1.78. The van der Waals surface area contributed by atoms with Gasteiger partial charge in [0.2, 0.25) is 5.91 Å². The number of hydrogen-bond acceptors (Lipinski definition) is 3. The van der Waals surface area contributed by atoms with Crippen LogP contribution in [0.15, 0.2) is 41.3 Å². The minimum Gasteiger partial charge on any atom is -0.311 e. The van der Waals surface area contributed by atoms with Gasteiger partial charge in [-0.2, -0.15) is 5.10 Å². The summed E-state index contributed by atoms with van der Waals surface area (Å²) < 4.78 is 3.20. The van der Waals surface area contributed by atoms with Crippen molar-refractivity contribution in [2.75, 3.05) is 5.32 Å². The summed E-state index contributed by atoms with van der Waals surface area (Å²) in [5.74, 6) is 0.379. The second kappa shape index (κ2) is 5.28. The number of para-hydroxylation sites is 2. The summed E-state index contributed by atoms with van der Waals surface area (Å²) in [4.78, 5) is 24.1. The molecule has 0 radical (unpaired) electrons. The number of H-pyrrole nitrogens is 1. The topological polar surface area (TPSA) is 84.7 Å². The molecule has 0 saturated heterocycles. The van der Waals surface area contributed by atoms with Gasteiger partial charge >= 0.3 is 5.69 Å². The van der Waals surface area contributed by atoms with Gasteiger partial charge in [0.05, 0.1) is 17.2 Å². The number of anilines is 1. The van der Waals surface area contributed by atoms with Gasteiger partial charge in [-0.3, -0.25) is 19.0 Å². The molecule has 0 aliphatic heterocycles. The highest BCUT2D eigenvalue weighted by molar-refractivity contribution is 5.89. The minimum atomic E-state index is -0.168. The summed E-state index contributed by atoms with van der Waals surface area (Å²) in [5, 5.41) is 9.10. The Labute approximate surface area is 120 Å². The fourth-order valence-electron chi connectivity index (χ4n) is 2.33. The number of amides is 1. The van der Waals surface area contributed by atoms with E-state index in [1.54, 1.807) is 28.4 Å². The van der Waals surface area contributed by atoms with Gasteiger partial charge < -0.3 is 5.32 Å². The molecule has 0 fully saturated rings. The van der Waals surface area contributed by atoms with E-state index in [-0.39, 0.29) is 18.0 Å². The van der Waals surface area contributed by atoms with E-state index in [0.29, 0.717) is 12.4 Å². The Hall–Kier alpha value is -2.83.